The molecule has 2 rings (SSSR count). The van der Waals surface area contributed by atoms with Crippen molar-refractivity contribution in [1.29, 1.82) is 0 Å². The number of phosphoric ester groups is 1. The van der Waals surface area contributed by atoms with Crippen LogP contribution < -0.4 is 4.74 Å². The van der Waals surface area contributed by atoms with Gasteiger partial charge in [0.2, 0.25) is 19.8 Å². The molecule has 2 atom stereocenters. The van der Waals surface area contributed by atoms with Gasteiger partial charge in [0.05, 0.1) is 44.1 Å². The molecule has 0 aromatic carbocycles. The molecule has 0 bridgehead atoms. The molecule has 16 heteroatoms. The zero-order valence-electron chi connectivity index (χ0n) is 25.6. The number of carbonyl (C=O) groups excluding carboxylic acids is 2. The molecule has 0 spiro atoms. The molecular formula is C26H45N3O11PS+. The minimum absolute atomic E-state index is 0.280. The average Bonchev–Trinajstić information content (AvgIpc) is 3.36. The second-order valence-electron chi connectivity index (χ2n) is 10.5. The maximum Gasteiger partial charge on any atom is 0.510 e. The van der Waals surface area contributed by atoms with Gasteiger partial charge in [-0.25, -0.2) is 27.7 Å². The number of quaternary nitrogens is 1. The Morgan fingerprint density at radius 2 is 1.60 bits per heavy atom. The van der Waals surface area contributed by atoms with Crippen molar-refractivity contribution in [2.45, 2.75) is 92.1 Å². The molecular weight excluding hydrogens is 593 g/mol. The van der Waals surface area contributed by atoms with Crippen molar-refractivity contribution in [1.82, 2.24) is 8.75 Å². The van der Waals surface area contributed by atoms with Crippen molar-refractivity contribution < 1.29 is 55.9 Å². The van der Waals surface area contributed by atoms with Crippen LogP contribution in [0.5, 0.6) is 5.88 Å². The molecule has 0 saturated heterocycles. The summed E-state index contributed by atoms with van der Waals surface area (Å²) < 4.78 is 64.3. The van der Waals surface area contributed by atoms with Gasteiger partial charge in [0.25, 0.3) is 5.88 Å². The zero-order chi connectivity index (χ0) is 31.2. The lowest BCUT2D eigenvalue weighted by Gasteiger charge is -2.42. The lowest BCUT2D eigenvalue weighted by atomic mass is 10.0. The van der Waals surface area contributed by atoms with E-state index in [-0.39, 0.29) is 4.48 Å². The van der Waals surface area contributed by atoms with Crippen molar-refractivity contribution in [3.63, 3.8) is 0 Å². The first-order valence-corrected chi connectivity index (χ1v) is 16.3. The number of hydrogen-bond donors (Lipinski definition) is 0. The second kappa shape index (κ2) is 17.7. The highest BCUT2D eigenvalue weighted by Gasteiger charge is 2.41. The summed E-state index contributed by atoms with van der Waals surface area (Å²) in [6, 6.07) is 0. The molecule has 0 amide bonds. The number of nitrogens with zero attached hydrogens (tertiary/aromatic N) is 3. The Morgan fingerprint density at radius 3 is 2.17 bits per heavy atom. The molecule has 1 aliphatic rings. The standard InChI is InChI=1S/C26H45N3O11PS/c1-8-9-10-11-15-33-24-23(27-42-28-24)22-13-12-14-29(7,16-22)21(6)40-41(32,36-17-34-25(30)38-19(2)3)37-18-35-26(31)39-20(4)5/h13,19-21H,8-12,14-18H2,1-7H3/q+1/t21-,29?/m1/s1. The predicted octanol–water partition coefficient (Wildman–Crippen LogP) is 6.27. The van der Waals surface area contributed by atoms with E-state index in [1.807, 2.05) is 7.05 Å². The first-order valence-electron chi connectivity index (χ1n) is 14.1. The van der Waals surface area contributed by atoms with E-state index >= 15 is 0 Å². The Labute approximate surface area is 252 Å². The molecule has 0 radical (unpaired) electrons. The van der Waals surface area contributed by atoms with Crippen LogP contribution in [0.1, 0.15) is 79.3 Å². The second-order valence-corrected chi connectivity index (χ2v) is 12.6. The number of ether oxygens (including phenoxy) is 5. The van der Waals surface area contributed by atoms with Crippen LogP contribution in [-0.2, 0) is 37.1 Å². The molecule has 1 aromatic heterocycles. The van der Waals surface area contributed by atoms with Crippen LogP contribution in [0.2, 0.25) is 0 Å². The largest absolute Gasteiger partial charge is 0.510 e. The Balaban J connectivity index is 2.08. The smallest absolute Gasteiger partial charge is 0.475 e. The van der Waals surface area contributed by atoms with Gasteiger partial charge in [-0.15, -0.1) is 4.37 Å². The quantitative estimate of drug-likeness (QED) is 0.0584. The average molecular weight is 639 g/mol. The predicted molar refractivity (Wildman–Crippen MR) is 154 cm³/mol. The molecule has 42 heavy (non-hydrogen) atoms. The third-order valence-electron chi connectivity index (χ3n) is 6.16. The summed E-state index contributed by atoms with van der Waals surface area (Å²) in [6.45, 7) is 10.5. The highest BCUT2D eigenvalue weighted by molar-refractivity contribution is 7.48. The minimum Gasteiger partial charge on any atom is -0.475 e. The highest BCUT2D eigenvalue weighted by atomic mass is 32.1. The summed E-state index contributed by atoms with van der Waals surface area (Å²) in [6.07, 6.45) is 3.47. The number of hydrogen-bond acceptors (Lipinski definition) is 14. The fraction of sp³-hybridized carbons (Fsp3) is 0.769. The third kappa shape index (κ3) is 12.5. The van der Waals surface area contributed by atoms with Gasteiger partial charge in [-0.3, -0.25) is 4.48 Å². The summed E-state index contributed by atoms with van der Waals surface area (Å²) in [5, 5.41) is 0. The molecule has 14 nitrogen and oxygen atoms in total. The van der Waals surface area contributed by atoms with E-state index in [0.29, 0.717) is 37.7 Å². The van der Waals surface area contributed by atoms with Crippen LogP contribution >= 0.6 is 19.6 Å². The molecule has 1 aromatic rings. The van der Waals surface area contributed by atoms with Crippen molar-refractivity contribution in [2.75, 3.05) is 40.3 Å². The molecule has 1 unspecified atom stereocenters. The number of aromatic nitrogens is 2. The maximum atomic E-state index is 13.6. The molecule has 2 heterocycles. The van der Waals surface area contributed by atoms with Gasteiger partial charge in [-0.05, 0) is 34.1 Å². The van der Waals surface area contributed by atoms with Gasteiger partial charge >= 0.3 is 20.1 Å². The van der Waals surface area contributed by atoms with Crippen LogP contribution in [0.25, 0.3) is 5.57 Å². The summed E-state index contributed by atoms with van der Waals surface area (Å²) in [7, 11) is -2.50. The van der Waals surface area contributed by atoms with Crippen LogP contribution in [0.4, 0.5) is 9.59 Å². The van der Waals surface area contributed by atoms with E-state index in [2.05, 4.69) is 21.7 Å². The van der Waals surface area contributed by atoms with E-state index in [1.165, 1.54) is 0 Å². The maximum absolute atomic E-state index is 13.6. The third-order valence-corrected chi connectivity index (χ3v) is 8.08. The molecule has 0 fully saturated rings. The monoisotopic (exact) mass is 638 g/mol. The number of rotatable bonds is 18. The Morgan fingerprint density at radius 1 is 0.976 bits per heavy atom. The van der Waals surface area contributed by atoms with Gasteiger partial charge in [0, 0.05) is 18.9 Å². The Kier molecular flexibility index (Phi) is 15.2. The SMILES string of the molecule is CCCCCCOc1nsnc1C1=CCC[N+](C)([C@@H](C)OP(=O)(OCOC(=O)OC(C)C)OCOC(=O)OC(C)C)C1. The van der Waals surface area contributed by atoms with Crippen LogP contribution in [0.15, 0.2) is 6.08 Å². The van der Waals surface area contributed by atoms with Gasteiger partial charge in [0.1, 0.15) is 12.2 Å². The fourth-order valence-corrected chi connectivity index (χ4v) is 5.54. The van der Waals surface area contributed by atoms with Gasteiger partial charge in [-0.2, -0.15) is 4.37 Å². The van der Waals surface area contributed by atoms with Gasteiger partial charge in [-0.1, -0.05) is 32.3 Å². The summed E-state index contributed by atoms with van der Waals surface area (Å²) in [5.74, 6) is 0.498. The summed E-state index contributed by atoms with van der Waals surface area (Å²) >= 11 is 1.08. The van der Waals surface area contributed by atoms with E-state index in [4.69, 9.17) is 37.3 Å². The number of likely N-dealkylation sites (N-methyl/N-ethyl adjacent to an activating group) is 1. The molecule has 1 aliphatic heterocycles. The van der Waals surface area contributed by atoms with E-state index in [9.17, 15) is 14.2 Å². The van der Waals surface area contributed by atoms with E-state index < -0.39 is 52.2 Å². The highest BCUT2D eigenvalue weighted by Crippen LogP contribution is 2.52. The summed E-state index contributed by atoms with van der Waals surface area (Å²) in [4.78, 5) is 23.5. The lowest BCUT2D eigenvalue weighted by Crippen LogP contribution is -2.54. The number of unbranched alkanes of at least 4 members (excludes halogenated alkanes) is 3. The topological polar surface area (TPSA) is 151 Å². The van der Waals surface area contributed by atoms with Gasteiger partial charge < -0.3 is 23.7 Å². The normalized spacial score (nSPS) is 18.0. The first-order chi connectivity index (χ1) is 19.9. The van der Waals surface area contributed by atoms with E-state index in [1.54, 1.807) is 34.6 Å². The zero-order valence-corrected chi connectivity index (χ0v) is 27.3. The van der Waals surface area contributed by atoms with E-state index in [0.717, 1.165) is 43.0 Å². The van der Waals surface area contributed by atoms with Gasteiger partial charge in [0.15, 0.2) is 0 Å². The van der Waals surface area contributed by atoms with Crippen LogP contribution in [0, 0.1) is 0 Å². The molecule has 0 aliphatic carbocycles. The first kappa shape index (κ1) is 35.9. The van der Waals surface area contributed by atoms with Crippen molar-refractivity contribution in [3.05, 3.63) is 11.8 Å². The number of carbonyl (C=O) groups is 2. The lowest BCUT2D eigenvalue weighted by molar-refractivity contribution is -0.943. The van der Waals surface area contributed by atoms with Crippen molar-refractivity contribution in [3.8, 4) is 5.88 Å². The molecule has 0 saturated carbocycles. The molecule has 0 N–H and O–H groups in total. The number of phosphoric acid groups is 1. The molecule has 240 valence electrons. The fourth-order valence-electron chi connectivity index (χ4n) is 3.85. The van der Waals surface area contributed by atoms with Crippen molar-refractivity contribution >= 4 is 37.4 Å². The van der Waals surface area contributed by atoms with Crippen LogP contribution in [0.3, 0.4) is 0 Å². The Bertz CT molecular complexity index is 1040. The minimum atomic E-state index is -4.43. The van der Waals surface area contributed by atoms with Crippen molar-refractivity contribution in [2.24, 2.45) is 0 Å². The Hall–Kier alpha value is -2.29. The summed E-state index contributed by atoms with van der Waals surface area (Å²) in [5.41, 5.74) is 1.60. The van der Waals surface area contributed by atoms with Crippen LogP contribution in [-0.4, -0.2) is 84.3 Å².